The van der Waals surface area contributed by atoms with Gasteiger partial charge < -0.3 is 4.74 Å². The lowest BCUT2D eigenvalue weighted by atomic mass is 10.0. The van der Waals surface area contributed by atoms with Gasteiger partial charge in [0.2, 0.25) is 0 Å². The number of halogens is 1. The lowest BCUT2D eigenvalue weighted by Gasteiger charge is -2.07. The van der Waals surface area contributed by atoms with E-state index < -0.39 is 0 Å². The molecule has 4 rings (SSSR count). The SMILES string of the molecule is CCCCOc1ccc(-c2ccc(C#Cc3ccc4cc(F)ccc4c3)cc2)cc1. The highest BCUT2D eigenvalue weighted by atomic mass is 19.1. The number of ether oxygens (including phenoxy) is 1. The van der Waals surface area contributed by atoms with Crippen molar-refractivity contribution in [1.29, 1.82) is 0 Å². The molecule has 148 valence electrons. The summed E-state index contributed by atoms with van der Waals surface area (Å²) in [7, 11) is 0. The topological polar surface area (TPSA) is 9.23 Å². The summed E-state index contributed by atoms with van der Waals surface area (Å²) in [5.74, 6) is 7.10. The molecule has 0 saturated carbocycles. The van der Waals surface area contributed by atoms with Gasteiger partial charge >= 0.3 is 0 Å². The second-order valence-electron chi connectivity index (χ2n) is 7.26. The molecule has 0 bridgehead atoms. The summed E-state index contributed by atoms with van der Waals surface area (Å²) in [6, 6.07) is 27.0. The smallest absolute Gasteiger partial charge is 0.123 e. The molecule has 0 unspecified atom stereocenters. The molecule has 0 fully saturated rings. The number of benzene rings is 4. The predicted octanol–water partition coefficient (Wildman–Crippen LogP) is 7.22. The standard InChI is InChI=1S/C28H23FO/c1-2-3-18-30-28-16-13-24(14-17-28)23-9-6-21(7-10-23)4-5-22-8-11-26-20-27(29)15-12-25(26)19-22/h6-17,19-20H,2-3,18H2,1H3. The molecule has 0 radical (unpaired) electrons. The summed E-state index contributed by atoms with van der Waals surface area (Å²) in [5.41, 5.74) is 4.17. The van der Waals surface area contributed by atoms with Crippen molar-refractivity contribution in [1.82, 2.24) is 0 Å². The first-order chi connectivity index (χ1) is 14.7. The largest absolute Gasteiger partial charge is 0.494 e. The molecule has 4 aromatic rings. The normalized spacial score (nSPS) is 10.5. The Kier molecular flexibility index (Phi) is 6.11. The van der Waals surface area contributed by atoms with E-state index in [4.69, 9.17) is 4.74 Å². The Morgan fingerprint density at radius 2 is 1.30 bits per heavy atom. The Morgan fingerprint density at radius 1 is 0.700 bits per heavy atom. The number of fused-ring (bicyclic) bond motifs is 1. The predicted molar refractivity (Wildman–Crippen MR) is 122 cm³/mol. The molecule has 0 aliphatic carbocycles. The zero-order chi connectivity index (χ0) is 20.8. The first kappa shape index (κ1) is 19.7. The van der Waals surface area contributed by atoms with Crippen LogP contribution in [0.2, 0.25) is 0 Å². The molecule has 0 spiro atoms. The lowest BCUT2D eigenvalue weighted by molar-refractivity contribution is 0.309. The molecule has 4 aromatic carbocycles. The van der Waals surface area contributed by atoms with Crippen LogP contribution in [0.5, 0.6) is 5.75 Å². The molecule has 0 aliphatic heterocycles. The second-order valence-corrected chi connectivity index (χ2v) is 7.26. The number of rotatable bonds is 5. The van der Waals surface area contributed by atoms with Crippen molar-refractivity contribution in [2.45, 2.75) is 19.8 Å². The Labute approximate surface area is 177 Å². The van der Waals surface area contributed by atoms with E-state index in [2.05, 4.69) is 43.0 Å². The highest BCUT2D eigenvalue weighted by Crippen LogP contribution is 2.23. The van der Waals surface area contributed by atoms with E-state index in [9.17, 15) is 4.39 Å². The third-order valence-corrected chi connectivity index (χ3v) is 4.99. The molecule has 0 saturated heterocycles. The van der Waals surface area contributed by atoms with Crippen molar-refractivity contribution in [3.8, 4) is 28.7 Å². The fraction of sp³-hybridized carbons (Fsp3) is 0.143. The summed E-state index contributed by atoms with van der Waals surface area (Å²) in [4.78, 5) is 0. The fourth-order valence-electron chi connectivity index (χ4n) is 3.26. The average Bonchev–Trinajstić information content (AvgIpc) is 2.79. The maximum atomic E-state index is 13.3. The monoisotopic (exact) mass is 394 g/mol. The lowest BCUT2D eigenvalue weighted by Crippen LogP contribution is -1.95. The van der Waals surface area contributed by atoms with Crippen LogP contribution in [0.3, 0.4) is 0 Å². The third-order valence-electron chi connectivity index (χ3n) is 4.99. The average molecular weight is 394 g/mol. The molecule has 0 heterocycles. The fourth-order valence-corrected chi connectivity index (χ4v) is 3.26. The van der Waals surface area contributed by atoms with Crippen LogP contribution in [0.15, 0.2) is 84.9 Å². The number of hydrogen-bond donors (Lipinski definition) is 0. The third kappa shape index (κ3) is 4.88. The van der Waals surface area contributed by atoms with Crippen LogP contribution in [0, 0.1) is 17.7 Å². The van der Waals surface area contributed by atoms with Crippen LogP contribution in [-0.4, -0.2) is 6.61 Å². The van der Waals surface area contributed by atoms with Crippen LogP contribution in [0.1, 0.15) is 30.9 Å². The molecule has 0 N–H and O–H groups in total. The van der Waals surface area contributed by atoms with Crippen LogP contribution < -0.4 is 4.74 Å². The van der Waals surface area contributed by atoms with Gasteiger partial charge in [-0.2, -0.15) is 0 Å². The molecule has 0 aliphatic rings. The van der Waals surface area contributed by atoms with Gasteiger partial charge in [0, 0.05) is 11.1 Å². The molecule has 0 aromatic heterocycles. The van der Waals surface area contributed by atoms with Crippen molar-refractivity contribution >= 4 is 10.8 Å². The van der Waals surface area contributed by atoms with E-state index in [-0.39, 0.29) is 5.82 Å². The molecule has 30 heavy (non-hydrogen) atoms. The van der Waals surface area contributed by atoms with Gasteiger partial charge in [-0.3, -0.25) is 0 Å². The van der Waals surface area contributed by atoms with Crippen LogP contribution in [0.4, 0.5) is 4.39 Å². The van der Waals surface area contributed by atoms with Crippen molar-refractivity contribution in [3.63, 3.8) is 0 Å². The van der Waals surface area contributed by atoms with E-state index in [1.165, 1.54) is 12.1 Å². The molecule has 0 amide bonds. The minimum atomic E-state index is -0.222. The molecular formula is C28H23FO. The van der Waals surface area contributed by atoms with Crippen molar-refractivity contribution in [2.24, 2.45) is 0 Å². The first-order valence-electron chi connectivity index (χ1n) is 10.3. The van der Waals surface area contributed by atoms with E-state index in [0.717, 1.165) is 58.2 Å². The van der Waals surface area contributed by atoms with Gasteiger partial charge in [0.25, 0.3) is 0 Å². The first-order valence-corrected chi connectivity index (χ1v) is 10.3. The van der Waals surface area contributed by atoms with Crippen LogP contribution in [-0.2, 0) is 0 Å². The number of hydrogen-bond acceptors (Lipinski definition) is 1. The molecule has 2 heteroatoms. The maximum absolute atomic E-state index is 13.3. The zero-order valence-corrected chi connectivity index (χ0v) is 17.0. The summed E-state index contributed by atoms with van der Waals surface area (Å²) < 4.78 is 19.0. The Hall–Kier alpha value is -3.57. The van der Waals surface area contributed by atoms with Gasteiger partial charge in [0.05, 0.1) is 6.61 Å². The zero-order valence-electron chi connectivity index (χ0n) is 17.0. The summed E-state index contributed by atoms with van der Waals surface area (Å²) in [6.45, 7) is 2.92. The quantitative estimate of drug-likeness (QED) is 0.256. The van der Waals surface area contributed by atoms with Gasteiger partial charge in [0.15, 0.2) is 0 Å². The highest BCUT2D eigenvalue weighted by Gasteiger charge is 2.00. The van der Waals surface area contributed by atoms with Crippen LogP contribution >= 0.6 is 0 Å². The van der Waals surface area contributed by atoms with Gasteiger partial charge in [-0.25, -0.2) is 4.39 Å². The van der Waals surface area contributed by atoms with E-state index in [1.54, 1.807) is 6.07 Å². The van der Waals surface area contributed by atoms with Gasteiger partial charge in [0.1, 0.15) is 11.6 Å². The van der Waals surface area contributed by atoms with Crippen molar-refractivity contribution in [3.05, 3.63) is 102 Å². The number of unbranched alkanes of at least 4 members (excludes halogenated alkanes) is 1. The van der Waals surface area contributed by atoms with E-state index >= 15 is 0 Å². The van der Waals surface area contributed by atoms with Gasteiger partial charge in [-0.1, -0.05) is 61.6 Å². The summed E-state index contributed by atoms with van der Waals surface area (Å²) in [6.07, 6.45) is 2.20. The summed E-state index contributed by atoms with van der Waals surface area (Å²) in [5, 5.41) is 1.87. The minimum Gasteiger partial charge on any atom is -0.494 e. The Balaban J connectivity index is 1.46. The molecular weight excluding hydrogens is 371 g/mol. The maximum Gasteiger partial charge on any atom is 0.123 e. The molecule has 0 atom stereocenters. The highest BCUT2D eigenvalue weighted by molar-refractivity contribution is 5.84. The Morgan fingerprint density at radius 3 is 2.03 bits per heavy atom. The minimum absolute atomic E-state index is 0.222. The Bertz CT molecular complexity index is 1200. The summed E-state index contributed by atoms with van der Waals surface area (Å²) >= 11 is 0. The van der Waals surface area contributed by atoms with E-state index in [0.29, 0.717) is 0 Å². The van der Waals surface area contributed by atoms with Gasteiger partial charge in [-0.05, 0) is 76.9 Å². The molecule has 1 nitrogen and oxygen atoms in total. The van der Waals surface area contributed by atoms with Crippen molar-refractivity contribution in [2.75, 3.05) is 6.61 Å². The van der Waals surface area contributed by atoms with Crippen molar-refractivity contribution < 1.29 is 9.13 Å². The van der Waals surface area contributed by atoms with Gasteiger partial charge in [-0.15, -0.1) is 0 Å². The van der Waals surface area contributed by atoms with Crippen LogP contribution in [0.25, 0.3) is 21.9 Å². The van der Waals surface area contributed by atoms with E-state index in [1.807, 2.05) is 42.5 Å². The second kappa shape index (κ2) is 9.29.